The molecule has 1 saturated heterocycles. The van der Waals surface area contributed by atoms with E-state index < -0.39 is 0 Å². The van der Waals surface area contributed by atoms with Crippen molar-refractivity contribution in [3.8, 4) is 0 Å². The summed E-state index contributed by atoms with van der Waals surface area (Å²) in [5.41, 5.74) is 0. The zero-order valence-electron chi connectivity index (χ0n) is 9.87. The Kier molecular flexibility index (Phi) is 4.41. The zero-order valence-corrected chi connectivity index (χ0v) is 12.3. The Bertz CT molecular complexity index is 332. The minimum absolute atomic E-state index is 0.559. The average Bonchev–Trinajstić information content (AvgIpc) is 2.66. The second-order valence-electron chi connectivity index (χ2n) is 4.68. The van der Waals surface area contributed by atoms with Crippen molar-refractivity contribution in [2.24, 2.45) is 5.92 Å². The molecule has 2 atom stereocenters. The van der Waals surface area contributed by atoms with Gasteiger partial charge in [-0.2, -0.15) is 0 Å². The van der Waals surface area contributed by atoms with Gasteiger partial charge in [0.1, 0.15) is 0 Å². The second-order valence-corrected chi connectivity index (χ2v) is 6.54. The second kappa shape index (κ2) is 5.63. The van der Waals surface area contributed by atoms with Crippen LogP contribution in [0.25, 0.3) is 0 Å². The van der Waals surface area contributed by atoms with Gasteiger partial charge in [-0.15, -0.1) is 11.3 Å². The van der Waals surface area contributed by atoms with Gasteiger partial charge in [0.05, 0.1) is 0 Å². The van der Waals surface area contributed by atoms with Crippen molar-refractivity contribution in [1.82, 2.24) is 10.2 Å². The van der Waals surface area contributed by atoms with Crippen molar-refractivity contribution in [2.75, 3.05) is 27.2 Å². The standard InChI is InChI=1S/C12H19BrN2S/c1-15(2)12(9-4-3-5-14-7-9)11-6-10(13)8-16-11/h6,8-9,12,14H,3-5,7H2,1-2H3. The zero-order chi connectivity index (χ0) is 11.5. The minimum atomic E-state index is 0.559. The quantitative estimate of drug-likeness (QED) is 0.923. The van der Waals surface area contributed by atoms with E-state index in [1.54, 1.807) is 0 Å². The van der Waals surface area contributed by atoms with Crippen LogP contribution in [0.15, 0.2) is 15.9 Å². The van der Waals surface area contributed by atoms with Gasteiger partial charge in [0.15, 0.2) is 0 Å². The largest absolute Gasteiger partial charge is 0.316 e. The Balaban J connectivity index is 2.16. The number of hydrogen-bond acceptors (Lipinski definition) is 3. The Morgan fingerprint density at radius 3 is 2.88 bits per heavy atom. The first kappa shape index (κ1) is 12.6. The first-order valence-corrected chi connectivity index (χ1v) is 7.47. The fraction of sp³-hybridized carbons (Fsp3) is 0.667. The summed E-state index contributed by atoms with van der Waals surface area (Å²) < 4.78 is 1.21. The van der Waals surface area contributed by atoms with Gasteiger partial charge in [0.25, 0.3) is 0 Å². The predicted molar refractivity (Wildman–Crippen MR) is 74.0 cm³/mol. The molecule has 0 aromatic carbocycles. The summed E-state index contributed by atoms with van der Waals surface area (Å²) >= 11 is 5.41. The van der Waals surface area contributed by atoms with E-state index in [2.05, 4.69) is 51.7 Å². The van der Waals surface area contributed by atoms with Gasteiger partial charge in [-0.25, -0.2) is 0 Å². The highest BCUT2D eigenvalue weighted by molar-refractivity contribution is 9.10. The Labute approximate surface area is 110 Å². The normalized spacial score (nSPS) is 23.6. The van der Waals surface area contributed by atoms with Crippen LogP contribution in [0.2, 0.25) is 0 Å². The highest BCUT2D eigenvalue weighted by Crippen LogP contribution is 2.35. The van der Waals surface area contributed by atoms with E-state index in [0.717, 1.165) is 12.5 Å². The van der Waals surface area contributed by atoms with Gasteiger partial charge >= 0.3 is 0 Å². The lowest BCUT2D eigenvalue weighted by Gasteiger charge is -2.34. The third kappa shape index (κ3) is 2.86. The number of thiophene rings is 1. The molecule has 16 heavy (non-hydrogen) atoms. The van der Waals surface area contributed by atoms with Crippen molar-refractivity contribution in [3.05, 3.63) is 20.8 Å². The highest BCUT2D eigenvalue weighted by atomic mass is 79.9. The molecule has 0 amide bonds. The van der Waals surface area contributed by atoms with Crippen molar-refractivity contribution >= 4 is 27.3 Å². The van der Waals surface area contributed by atoms with E-state index in [4.69, 9.17) is 0 Å². The van der Waals surface area contributed by atoms with Gasteiger partial charge in [0, 0.05) is 20.8 Å². The average molecular weight is 303 g/mol. The summed E-state index contributed by atoms with van der Waals surface area (Å²) in [6, 6.07) is 2.83. The molecule has 1 aromatic heterocycles. The van der Waals surface area contributed by atoms with Crippen LogP contribution < -0.4 is 5.32 Å². The van der Waals surface area contributed by atoms with Crippen LogP contribution >= 0.6 is 27.3 Å². The molecule has 0 spiro atoms. The van der Waals surface area contributed by atoms with Gasteiger partial charge in [-0.05, 0) is 67.9 Å². The Hall–Kier alpha value is 0.1000. The molecular weight excluding hydrogens is 284 g/mol. The number of piperidine rings is 1. The predicted octanol–water partition coefficient (Wildman–Crippen LogP) is 3.11. The maximum atomic E-state index is 3.55. The molecule has 90 valence electrons. The molecule has 0 radical (unpaired) electrons. The topological polar surface area (TPSA) is 15.3 Å². The summed E-state index contributed by atoms with van der Waals surface area (Å²) in [5.74, 6) is 0.745. The third-order valence-electron chi connectivity index (χ3n) is 3.22. The molecule has 0 saturated carbocycles. The van der Waals surface area contributed by atoms with Crippen LogP contribution in [0.4, 0.5) is 0 Å². The molecule has 2 unspecified atom stereocenters. The molecule has 2 heterocycles. The van der Waals surface area contributed by atoms with Gasteiger partial charge < -0.3 is 10.2 Å². The molecular formula is C12H19BrN2S. The highest BCUT2D eigenvalue weighted by Gasteiger charge is 2.27. The minimum Gasteiger partial charge on any atom is -0.316 e. The van der Waals surface area contributed by atoms with Gasteiger partial charge in [0.2, 0.25) is 0 Å². The molecule has 1 aliphatic heterocycles. The summed E-state index contributed by atoms with van der Waals surface area (Å²) in [6.07, 6.45) is 2.65. The van der Waals surface area contributed by atoms with Crippen molar-refractivity contribution in [1.29, 1.82) is 0 Å². The molecule has 0 bridgehead atoms. The molecule has 2 nitrogen and oxygen atoms in total. The monoisotopic (exact) mass is 302 g/mol. The number of nitrogens with zero attached hydrogens (tertiary/aromatic N) is 1. The number of nitrogens with one attached hydrogen (secondary N) is 1. The molecule has 0 aliphatic carbocycles. The summed E-state index contributed by atoms with van der Waals surface area (Å²) in [7, 11) is 4.37. The fourth-order valence-electron chi connectivity index (χ4n) is 2.54. The Morgan fingerprint density at radius 1 is 1.56 bits per heavy atom. The van der Waals surface area contributed by atoms with Crippen LogP contribution in [-0.2, 0) is 0 Å². The molecule has 4 heteroatoms. The molecule has 2 rings (SSSR count). The van der Waals surface area contributed by atoms with E-state index in [9.17, 15) is 0 Å². The lowest BCUT2D eigenvalue weighted by Crippen LogP contribution is -2.37. The van der Waals surface area contributed by atoms with Crippen molar-refractivity contribution < 1.29 is 0 Å². The van der Waals surface area contributed by atoms with Crippen LogP contribution in [-0.4, -0.2) is 32.1 Å². The van der Waals surface area contributed by atoms with Gasteiger partial charge in [-0.3, -0.25) is 0 Å². The maximum Gasteiger partial charge on any atom is 0.0476 e. The van der Waals surface area contributed by atoms with Crippen molar-refractivity contribution in [2.45, 2.75) is 18.9 Å². The molecule has 1 aliphatic rings. The van der Waals surface area contributed by atoms with E-state index >= 15 is 0 Å². The number of hydrogen-bond donors (Lipinski definition) is 1. The smallest absolute Gasteiger partial charge is 0.0476 e. The van der Waals surface area contributed by atoms with Crippen LogP contribution in [0, 0.1) is 5.92 Å². The molecule has 1 fully saturated rings. The number of rotatable bonds is 3. The lowest BCUT2D eigenvalue weighted by molar-refractivity contribution is 0.184. The van der Waals surface area contributed by atoms with Crippen molar-refractivity contribution in [3.63, 3.8) is 0 Å². The summed E-state index contributed by atoms with van der Waals surface area (Å²) in [4.78, 5) is 3.83. The SMILES string of the molecule is CN(C)C(c1cc(Br)cs1)C1CCCNC1. The van der Waals surface area contributed by atoms with E-state index in [1.807, 2.05) is 11.3 Å². The van der Waals surface area contributed by atoms with E-state index in [0.29, 0.717) is 6.04 Å². The van der Waals surface area contributed by atoms with E-state index in [-0.39, 0.29) is 0 Å². The third-order valence-corrected chi connectivity index (χ3v) is 4.98. The maximum absolute atomic E-state index is 3.55. The van der Waals surface area contributed by atoms with Crippen LogP contribution in [0.5, 0.6) is 0 Å². The molecule has 1 N–H and O–H groups in total. The lowest BCUT2D eigenvalue weighted by atomic mass is 9.90. The van der Waals surface area contributed by atoms with E-state index in [1.165, 1.54) is 28.7 Å². The first-order chi connectivity index (χ1) is 7.68. The number of halogens is 1. The summed E-state index contributed by atoms with van der Waals surface area (Å²) in [5, 5.41) is 5.70. The Morgan fingerprint density at radius 2 is 2.38 bits per heavy atom. The fourth-order valence-corrected chi connectivity index (χ4v) is 4.27. The molecule has 1 aromatic rings. The summed E-state index contributed by atoms with van der Waals surface area (Å²) in [6.45, 7) is 2.34. The van der Waals surface area contributed by atoms with Gasteiger partial charge in [-0.1, -0.05) is 0 Å². The van der Waals surface area contributed by atoms with Crippen LogP contribution in [0.3, 0.4) is 0 Å². The van der Waals surface area contributed by atoms with Crippen LogP contribution in [0.1, 0.15) is 23.8 Å². The first-order valence-electron chi connectivity index (χ1n) is 5.79.